The number of carbonyl (C=O) groups is 2. The Hall–Kier alpha value is -1.14. The Labute approximate surface area is 114 Å². The van der Waals surface area contributed by atoms with Gasteiger partial charge in [0.15, 0.2) is 0 Å². The number of rotatable bonds is 6. The van der Waals surface area contributed by atoms with Crippen LogP contribution in [0.25, 0.3) is 0 Å². The molecule has 0 aromatic carbocycles. The Morgan fingerprint density at radius 2 is 1.95 bits per heavy atom. The maximum Gasteiger partial charge on any atom is 0.237 e. The number of nitrogens with two attached hydrogens (primary N) is 1. The first-order chi connectivity index (χ1) is 8.85. The summed E-state index contributed by atoms with van der Waals surface area (Å²) < 4.78 is 5.27. The summed E-state index contributed by atoms with van der Waals surface area (Å²) in [5.41, 5.74) is 4.73. The van der Waals surface area contributed by atoms with Crippen molar-refractivity contribution in [3.63, 3.8) is 0 Å². The second-order valence-electron chi connectivity index (χ2n) is 5.61. The summed E-state index contributed by atoms with van der Waals surface area (Å²) in [7, 11) is 1.58. The molecule has 1 aliphatic heterocycles. The lowest BCUT2D eigenvalue weighted by atomic mass is 10.0. The third-order valence-corrected chi connectivity index (χ3v) is 3.53. The number of carbonyl (C=O) groups excluding carboxylic acids is 2. The van der Waals surface area contributed by atoms with E-state index in [2.05, 4.69) is 5.32 Å². The van der Waals surface area contributed by atoms with Crippen LogP contribution >= 0.6 is 0 Å². The van der Waals surface area contributed by atoms with Gasteiger partial charge < -0.3 is 20.7 Å². The lowest BCUT2D eigenvalue weighted by molar-refractivity contribution is -0.142. The van der Waals surface area contributed by atoms with Crippen molar-refractivity contribution in [1.29, 1.82) is 0 Å². The van der Waals surface area contributed by atoms with Crippen molar-refractivity contribution in [3.8, 4) is 0 Å². The number of nitrogens with zero attached hydrogens (tertiary/aromatic N) is 1. The van der Waals surface area contributed by atoms with Crippen molar-refractivity contribution in [2.45, 2.75) is 44.8 Å². The average molecular weight is 271 g/mol. The summed E-state index contributed by atoms with van der Waals surface area (Å²) in [5.74, 6) is -0.542. The predicted molar refractivity (Wildman–Crippen MR) is 72.5 cm³/mol. The van der Waals surface area contributed by atoms with Gasteiger partial charge in [-0.2, -0.15) is 0 Å². The minimum Gasteiger partial charge on any atom is -0.378 e. The van der Waals surface area contributed by atoms with Gasteiger partial charge >= 0.3 is 0 Å². The van der Waals surface area contributed by atoms with E-state index in [0.717, 1.165) is 25.9 Å². The molecule has 19 heavy (non-hydrogen) atoms. The number of primary amides is 1. The second-order valence-corrected chi connectivity index (χ2v) is 5.61. The highest BCUT2D eigenvalue weighted by Gasteiger charge is 2.30. The van der Waals surface area contributed by atoms with Crippen molar-refractivity contribution in [2.24, 2.45) is 5.73 Å². The molecule has 0 bridgehead atoms. The van der Waals surface area contributed by atoms with Crippen molar-refractivity contribution in [1.82, 2.24) is 10.2 Å². The second kappa shape index (κ2) is 6.86. The molecule has 6 heteroatoms. The lowest BCUT2D eigenvalue weighted by Gasteiger charge is -2.35. The molecular weight excluding hydrogens is 246 g/mol. The Morgan fingerprint density at radius 3 is 2.42 bits per heavy atom. The van der Waals surface area contributed by atoms with Crippen LogP contribution < -0.4 is 11.1 Å². The minimum atomic E-state index is -0.528. The van der Waals surface area contributed by atoms with Crippen molar-refractivity contribution < 1.29 is 14.3 Å². The van der Waals surface area contributed by atoms with Crippen LogP contribution in [-0.2, 0) is 14.3 Å². The van der Waals surface area contributed by atoms with Gasteiger partial charge in [-0.3, -0.25) is 9.59 Å². The summed E-state index contributed by atoms with van der Waals surface area (Å²) in [5, 5.41) is 3.24. The number of amides is 2. The third kappa shape index (κ3) is 5.16. The zero-order chi connectivity index (χ0) is 14.5. The van der Waals surface area contributed by atoms with Gasteiger partial charge in [0.25, 0.3) is 0 Å². The van der Waals surface area contributed by atoms with Gasteiger partial charge in [0.1, 0.15) is 0 Å². The van der Waals surface area contributed by atoms with Crippen LogP contribution in [0.5, 0.6) is 0 Å². The summed E-state index contributed by atoms with van der Waals surface area (Å²) in [6.45, 7) is 5.43. The van der Waals surface area contributed by atoms with E-state index in [9.17, 15) is 9.59 Å². The molecule has 0 unspecified atom stereocenters. The molecule has 1 aliphatic rings. The van der Waals surface area contributed by atoms with Crippen LogP contribution in [-0.4, -0.2) is 55.1 Å². The fraction of sp³-hybridized carbons (Fsp3) is 0.846. The molecule has 0 aliphatic carbocycles. The number of hydrogen-bond donors (Lipinski definition) is 2. The average Bonchev–Trinajstić information content (AvgIpc) is 2.36. The molecule has 2 amide bonds. The molecule has 0 aromatic rings. The zero-order valence-electron chi connectivity index (χ0n) is 12.1. The standard InChI is InChI=1S/C13H25N3O3/c1-13(2,19-3)8-12(18)16(9-11(14)17)10-4-6-15-7-5-10/h10,15H,4-9H2,1-3H3,(H2,14,17). The molecule has 1 saturated heterocycles. The van der Waals surface area contributed by atoms with Crippen LogP contribution in [0.15, 0.2) is 0 Å². The molecule has 0 radical (unpaired) electrons. The van der Waals surface area contributed by atoms with E-state index in [-0.39, 0.29) is 24.9 Å². The highest BCUT2D eigenvalue weighted by Crippen LogP contribution is 2.19. The first-order valence-corrected chi connectivity index (χ1v) is 6.69. The highest BCUT2D eigenvalue weighted by molar-refractivity contribution is 5.84. The predicted octanol–water partition coefficient (Wildman–Crippen LogP) is -0.133. The fourth-order valence-corrected chi connectivity index (χ4v) is 2.25. The quantitative estimate of drug-likeness (QED) is 0.704. The van der Waals surface area contributed by atoms with E-state index in [0.29, 0.717) is 0 Å². The lowest BCUT2D eigenvalue weighted by Crippen LogP contribution is -2.50. The van der Waals surface area contributed by atoms with E-state index in [1.54, 1.807) is 12.0 Å². The van der Waals surface area contributed by atoms with E-state index in [1.807, 2.05) is 13.8 Å². The van der Waals surface area contributed by atoms with Crippen LogP contribution in [0.1, 0.15) is 33.1 Å². The van der Waals surface area contributed by atoms with Gasteiger partial charge in [-0.15, -0.1) is 0 Å². The number of ether oxygens (including phenoxy) is 1. The Balaban J connectivity index is 2.72. The maximum atomic E-state index is 12.4. The largest absolute Gasteiger partial charge is 0.378 e. The maximum absolute atomic E-state index is 12.4. The van der Waals surface area contributed by atoms with Crippen LogP contribution in [0.2, 0.25) is 0 Å². The van der Waals surface area contributed by atoms with Crippen molar-refractivity contribution >= 4 is 11.8 Å². The van der Waals surface area contributed by atoms with E-state index in [1.165, 1.54) is 0 Å². The van der Waals surface area contributed by atoms with Gasteiger partial charge in [-0.25, -0.2) is 0 Å². The molecule has 0 saturated carbocycles. The van der Waals surface area contributed by atoms with Gasteiger partial charge in [0.05, 0.1) is 18.6 Å². The molecule has 0 aromatic heterocycles. The minimum absolute atomic E-state index is 0.0106. The molecule has 110 valence electrons. The molecule has 1 rings (SSSR count). The van der Waals surface area contributed by atoms with E-state index in [4.69, 9.17) is 10.5 Å². The molecule has 1 heterocycles. The third-order valence-electron chi connectivity index (χ3n) is 3.53. The number of piperidine rings is 1. The molecule has 0 spiro atoms. The van der Waals surface area contributed by atoms with Gasteiger partial charge in [-0.05, 0) is 39.8 Å². The molecule has 0 atom stereocenters. The van der Waals surface area contributed by atoms with Gasteiger partial charge in [-0.1, -0.05) is 0 Å². The number of hydrogen-bond acceptors (Lipinski definition) is 4. The molecular formula is C13H25N3O3. The Bertz CT molecular complexity index is 325. The Kier molecular flexibility index (Phi) is 5.75. The van der Waals surface area contributed by atoms with Gasteiger partial charge in [0.2, 0.25) is 11.8 Å². The monoisotopic (exact) mass is 271 g/mol. The fourth-order valence-electron chi connectivity index (χ4n) is 2.25. The summed E-state index contributed by atoms with van der Waals surface area (Å²) in [6, 6.07) is 0.0916. The van der Waals surface area contributed by atoms with Crippen molar-refractivity contribution in [3.05, 3.63) is 0 Å². The summed E-state index contributed by atoms with van der Waals surface area (Å²) in [6.07, 6.45) is 1.96. The topological polar surface area (TPSA) is 84.7 Å². The molecule has 3 N–H and O–H groups in total. The van der Waals surface area contributed by atoms with Crippen molar-refractivity contribution in [2.75, 3.05) is 26.7 Å². The summed E-state index contributed by atoms with van der Waals surface area (Å²) in [4.78, 5) is 25.2. The SMILES string of the molecule is COC(C)(C)CC(=O)N(CC(N)=O)C1CCNCC1. The van der Waals surface area contributed by atoms with Crippen LogP contribution in [0.3, 0.4) is 0 Å². The molecule has 6 nitrogen and oxygen atoms in total. The zero-order valence-corrected chi connectivity index (χ0v) is 12.1. The smallest absolute Gasteiger partial charge is 0.237 e. The van der Waals surface area contributed by atoms with Crippen LogP contribution in [0, 0.1) is 0 Å². The normalized spacial score (nSPS) is 17.2. The number of nitrogens with one attached hydrogen (secondary N) is 1. The first-order valence-electron chi connectivity index (χ1n) is 6.69. The van der Waals surface area contributed by atoms with Crippen LogP contribution in [0.4, 0.5) is 0 Å². The van der Waals surface area contributed by atoms with E-state index >= 15 is 0 Å². The van der Waals surface area contributed by atoms with Gasteiger partial charge in [0, 0.05) is 13.2 Å². The molecule has 1 fully saturated rings. The Morgan fingerprint density at radius 1 is 1.37 bits per heavy atom. The number of methoxy groups -OCH3 is 1. The van der Waals surface area contributed by atoms with E-state index < -0.39 is 11.5 Å². The first kappa shape index (κ1) is 15.9. The highest BCUT2D eigenvalue weighted by atomic mass is 16.5. The summed E-state index contributed by atoms with van der Waals surface area (Å²) >= 11 is 0.